The van der Waals surface area contributed by atoms with Gasteiger partial charge in [-0.05, 0) is 12.5 Å². The molecular formula is C12H19IN4O. The standard InChI is InChI=1S/C12H18N4O.HI/c1-9(2)6-15-12(13)16-8-10-4-5-11(17-3)14-7-10;/h4-5,7H,1,6,8H2,2-3H3,(H3,13,15,16);1H. The van der Waals surface area contributed by atoms with E-state index < -0.39 is 0 Å². The second-order valence-corrected chi connectivity index (χ2v) is 3.72. The van der Waals surface area contributed by atoms with Crippen LogP contribution in [0.5, 0.6) is 5.88 Å². The molecule has 0 unspecified atom stereocenters. The normalized spacial score (nSPS) is 10.4. The van der Waals surface area contributed by atoms with Gasteiger partial charge in [0.1, 0.15) is 0 Å². The van der Waals surface area contributed by atoms with Gasteiger partial charge in [-0.15, -0.1) is 24.0 Å². The summed E-state index contributed by atoms with van der Waals surface area (Å²) in [6.07, 6.45) is 1.72. The van der Waals surface area contributed by atoms with E-state index >= 15 is 0 Å². The molecule has 1 heterocycles. The van der Waals surface area contributed by atoms with Crippen molar-refractivity contribution in [2.75, 3.05) is 13.7 Å². The first-order valence-corrected chi connectivity index (χ1v) is 5.29. The Balaban J connectivity index is 0.00000289. The van der Waals surface area contributed by atoms with Gasteiger partial charge in [-0.1, -0.05) is 18.2 Å². The summed E-state index contributed by atoms with van der Waals surface area (Å²) in [6.45, 7) is 6.82. The summed E-state index contributed by atoms with van der Waals surface area (Å²) < 4.78 is 4.97. The number of hydrogen-bond acceptors (Lipinski definition) is 3. The number of nitrogens with zero attached hydrogens (tertiary/aromatic N) is 2. The molecule has 0 aliphatic rings. The van der Waals surface area contributed by atoms with Crippen LogP contribution in [-0.4, -0.2) is 24.6 Å². The van der Waals surface area contributed by atoms with Crippen LogP contribution in [0.2, 0.25) is 0 Å². The molecule has 0 spiro atoms. The van der Waals surface area contributed by atoms with E-state index in [0.29, 0.717) is 24.9 Å². The predicted octanol–water partition coefficient (Wildman–Crippen LogP) is 1.69. The molecular weight excluding hydrogens is 343 g/mol. The van der Waals surface area contributed by atoms with Gasteiger partial charge in [0, 0.05) is 18.8 Å². The average Bonchev–Trinajstić information content (AvgIpc) is 2.34. The molecule has 100 valence electrons. The van der Waals surface area contributed by atoms with Crippen LogP contribution in [0.1, 0.15) is 12.5 Å². The first-order chi connectivity index (χ1) is 8.11. The third kappa shape index (κ3) is 6.43. The Labute approximate surface area is 125 Å². The SMILES string of the molecule is C=C(C)CNC(N)=NCc1ccc(OC)nc1.I. The maximum atomic E-state index is 5.68. The van der Waals surface area contributed by atoms with Gasteiger partial charge >= 0.3 is 0 Å². The molecule has 0 radical (unpaired) electrons. The Hall–Kier alpha value is -1.31. The predicted molar refractivity (Wildman–Crippen MR) is 84.3 cm³/mol. The van der Waals surface area contributed by atoms with Gasteiger partial charge in [-0.2, -0.15) is 0 Å². The van der Waals surface area contributed by atoms with Crippen molar-refractivity contribution in [2.24, 2.45) is 10.7 Å². The molecule has 0 saturated carbocycles. The molecule has 0 fully saturated rings. The summed E-state index contributed by atoms with van der Waals surface area (Å²) in [5.41, 5.74) is 7.66. The Morgan fingerprint density at radius 1 is 1.56 bits per heavy atom. The molecule has 0 saturated heterocycles. The number of aromatic nitrogens is 1. The third-order valence-electron chi connectivity index (χ3n) is 2.01. The highest BCUT2D eigenvalue weighted by molar-refractivity contribution is 14.0. The fraction of sp³-hybridized carbons (Fsp3) is 0.333. The number of halogens is 1. The first-order valence-electron chi connectivity index (χ1n) is 5.29. The van der Waals surface area contributed by atoms with Crippen molar-refractivity contribution < 1.29 is 4.74 Å². The molecule has 18 heavy (non-hydrogen) atoms. The van der Waals surface area contributed by atoms with Crippen LogP contribution >= 0.6 is 24.0 Å². The number of nitrogens with two attached hydrogens (primary N) is 1. The van der Waals surface area contributed by atoms with Gasteiger partial charge < -0.3 is 15.8 Å². The summed E-state index contributed by atoms with van der Waals surface area (Å²) in [6, 6.07) is 3.70. The zero-order valence-corrected chi connectivity index (χ0v) is 13.0. The second-order valence-electron chi connectivity index (χ2n) is 3.72. The van der Waals surface area contributed by atoms with Crippen molar-refractivity contribution in [3.63, 3.8) is 0 Å². The summed E-state index contributed by atoms with van der Waals surface area (Å²) in [5.74, 6) is 0.995. The number of aliphatic imine (C=N–C) groups is 1. The van der Waals surface area contributed by atoms with Crippen LogP contribution in [0, 0.1) is 0 Å². The highest BCUT2D eigenvalue weighted by atomic mass is 127. The van der Waals surface area contributed by atoms with E-state index in [0.717, 1.165) is 11.1 Å². The highest BCUT2D eigenvalue weighted by Crippen LogP contribution is 2.07. The molecule has 1 aromatic heterocycles. The lowest BCUT2D eigenvalue weighted by Crippen LogP contribution is -2.32. The molecule has 0 bridgehead atoms. The maximum Gasteiger partial charge on any atom is 0.212 e. The number of nitrogens with one attached hydrogen (secondary N) is 1. The van der Waals surface area contributed by atoms with Crippen molar-refractivity contribution in [3.05, 3.63) is 36.0 Å². The van der Waals surface area contributed by atoms with Crippen LogP contribution in [0.4, 0.5) is 0 Å². The Morgan fingerprint density at radius 3 is 2.78 bits per heavy atom. The Morgan fingerprint density at radius 2 is 2.28 bits per heavy atom. The minimum Gasteiger partial charge on any atom is -0.481 e. The number of pyridine rings is 1. The summed E-state index contributed by atoms with van der Waals surface area (Å²) in [5, 5.41) is 2.96. The Kier molecular flexibility index (Phi) is 8.10. The van der Waals surface area contributed by atoms with Gasteiger partial charge in [0.25, 0.3) is 0 Å². The molecule has 1 rings (SSSR count). The van der Waals surface area contributed by atoms with Gasteiger partial charge in [0.05, 0.1) is 13.7 Å². The van der Waals surface area contributed by atoms with Crippen molar-refractivity contribution in [3.8, 4) is 5.88 Å². The Bertz CT molecular complexity index is 403. The maximum absolute atomic E-state index is 5.68. The minimum absolute atomic E-state index is 0. The number of ether oxygens (including phenoxy) is 1. The summed E-state index contributed by atoms with van der Waals surface area (Å²) >= 11 is 0. The van der Waals surface area contributed by atoms with Crippen LogP contribution in [0.15, 0.2) is 35.5 Å². The fourth-order valence-electron chi connectivity index (χ4n) is 1.10. The van der Waals surface area contributed by atoms with Crippen molar-refractivity contribution in [1.82, 2.24) is 10.3 Å². The topological polar surface area (TPSA) is 72.5 Å². The van der Waals surface area contributed by atoms with Crippen LogP contribution in [0.25, 0.3) is 0 Å². The van der Waals surface area contributed by atoms with Crippen molar-refractivity contribution >= 4 is 29.9 Å². The quantitative estimate of drug-likeness (QED) is 0.362. The molecule has 0 aliphatic carbocycles. The number of guanidine groups is 1. The molecule has 6 heteroatoms. The van der Waals surface area contributed by atoms with Crippen molar-refractivity contribution in [1.29, 1.82) is 0 Å². The summed E-state index contributed by atoms with van der Waals surface area (Å²) in [4.78, 5) is 8.27. The smallest absolute Gasteiger partial charge is 0.212 e. The zero-order chi connectivity index (χ0) is 12.7. The summed E-state index contributed by atoms with van der Waals surface area (Å²) in [7, 11) is 1.58. The molecule has 1 aromatic rings. The van der Waals surface area contributed by atoms with E-state index in [1.165, 1.54) is 0 Å². The molecule has 0 aromatic carbocycles. The molecule has 3 N–H and O–H groups in total. The number of rotatable bonds is 5. The molecule has 0 amide bonds. The van der Waals surface area contributed by atoms with E-state index in [-0.39, 0.29) is 24.0 Å². The molecule has 0 aliphatic heterocycles. The van der Waals surface area contributed by atoms with Crippen LogP contribution < -0.4 is 15.8 Å². The zero-order valence-electron chi connectivity index (χ0n) is 10.6. The molecule has 0 atom stereocenters. The average molecular weight is 362 g/mol. The second kappa shape index (κ2) is 8.73. The largest absolute Gasteiger partial charge is 0.481 e. The highest BCUT2D eigenvalue weighted by Gasteiger charge is 1.95. The lowest BCUT2D eigenvalue weighted by Gasteiger charge is -2.05. The fourth-order valence-corrected chi connectivity index (χ4v) is 1.10. The first kappa shape index (κ1) is 16.7. The molecule has 5 nitrogen and oxygen atoms in total. The number of hydrogen-bond donors (Lipinski definition) is 2. The lowest BCUT2D eigenvalue weighted by molar-refractivity contribution is 0.397. The van der Waals surface area contributed by atoms with Crippen molar-refractivity contribution in [2.45, 2.75) is 13.5 Å². The van der Waals surface area contributed by atoms with Gasteiger partial charge in [0.15, 0.2) is 5.96 Å². The van der Waals surface area contributed by atoms with E-state index in [2.05, 4.69) is 21.9 Å². The van der Waals surface area contributed by atoms with E-state index in [9.17, 15) is 0 Å². The number of methoxy groups -OCH3 is 1. The lowest BCUT2D eigenvalue weighted by atomic mass is 10.3. The minimum atomic E-state index is 0. The van der Waals surface area contributed by atoms with E-state index in [1.807, 2.05) is 13.0 Å². The third-order valence-corrected chi connectivity index (χ3v) is 2.01. The van der Waals surface area contributed by atoms with Gasteiger partial charge in [-0.25, -0.2) is 9.98 Å². The van der Waals surface area contributed by atoms with Gasteiger partial charge in [-0.3, -0.25) is 0 Å². The van der Waals surface area contributed by atoms with Crippen LogP contribution in [-0.2, 0) is 6.54 Å². The van der Waals surface area contributed by atoms with E-state index in [1.54, 1.807) is 19.4 Å². The van der Waals surface area contributed by atoms with Crippen LogP contribution in [0.3, 0.4) is 0 Å². The van der Waals surface area contributed by atoms with E-state index in [4.69, 9.17) is 10.5 Å². The monoisotopic (exact) mass is 362 g/mol. The van der Waals surface area contributed by atoms with Gasteiger partial charge in [0.2, 0.25) is 5.88 Å².